The molecule has 1 heterocycles. The van der Waals surface area contributed by atoms with Crippen molar-refractivity contribution in [2.75, 3.05) is 5.73 Å². The lowest BCUT2D eigenvalue weighted by Crippen LogP contribution is -1.99. The number of Topliss-reactive ketones (excluding diaryl/α,β-unsaturated/α-hetero) is 2. The zero-order chi connectivity index (χ0) is 16.7. The number of benzene rings is 2. The third kappa shape index (κ3) is 2.25. The second-order valence-electron chi connectivity index (χ2n) is 5.59. The van der Waals surface area contributed by atoms with Crippen molar-refractivity contribution in [1.82, 2.24) is 0 Å². The molecule has 2 N–H and O–H groups in total. The van der Waals surface area contributed by atoms with Gasteiger partial charge in [0.05, 0.1) is 5.57 Å². The largest absolute Gasteiger partial charge is 0.457 e. The standard InChI is InChI=1S/C20H13NO3/c21-13-7-5-12(6-8-13)18-10-9-14(24-18)11-17-19(22)15-3-1-2-4-16(15)20(17)23/h1-11H,21H2. The first-order valence-electron chi connectivity index (χ1n) is 7.49. The topological polar surface area (TPSA) is 73.3 Å². The van der Waals surface area contributed by atoms with Gasteiger partial charge >= 0.3 is 0 Å². The number of hydrogen-bond donors (Lipinski definition) is 1. The predicted octanol–water partition coefficient (Wildman–Crippen LogP) is 3.99. The number of ketones is 2. The third-order valence-electron chi connectivity index (χ3n) is 4.01. The number of allylic oxidation sites excluding steroid dienone is 1. The Kier molecular flexibility index (Phi) is 3.17. The summed E-state index contributed by atoms with van der Waals surface area (Å²) in [6, 6.07) is 17.7. The number of nitrogen functional groups attached to an aromatic ring is 1. The van der Waals surface area contributed by atoms with Gasteiger partial charge in [-0.05, 0) is 42.5 Å². The lowest BCUT2D eigenvalue weighted by atomic mass is 10.1. The minimum absolute atomic E-state index is 0.134. The van der Waals surface area contributed by atoms with Crippen LogP contribution in [0.4, 0.5) is 5.69 Å². The molecule has 0 radical (unpaired) electrons. The molecule has 0 saturated carbocycles. The summed E-state index contributed by atoms with van der Waals surface area (Å²) in [6.07, 6.45) is 1.51. The molecule has 0 unspecified atom stereocenters. The van der Waals surface area contributed by atoms with Crippen LogP contribution in [0.2, 0.25) is 0 Å². The quantitative estimate of drug-likeness (QED) is 0.441. The maximum Gasteiger partial charge on any atom is 0.197 e. The first kappa shape index (κ1) is 14.2. The molecule has 116 valence electrons. The van der Waals surface area contributed by atoms with Gasteiger partial charge in [0.25, 0.3) is 0 Å². The Labute approximate surface area is 138 Å². The van der Waals surface area contributed by atoms with E-state index in [2.05, 4.69) is 0 Å². The fraction of sp³-hybridized carbons (Fsp3) is 0. The number of anilines is 1. The summed E-state index contributed by atoms with van der Waals surface area (Å²) >= 11 is 0. The Balaban J connectivity index is 1.69. The maximum absolute atomic E-state index is 12.4. The van der Waals surface area contributed by atoms with Gasteiger partial charge in [0.1, 0.15) is 11.5 Å². The summed E-state index contributed by atoms with van der Waals surface area (Å²) in [7, 11) is 0. The van der Waals surface area contributed by atoms with Crippen LogP contribution in [-0.2, 0) is 0 Å². The summed E-state index contributed by atoms with van der Waals surface area (Å²) in [5.41, 5.74) is 8.25. The second kappa shape index (κ2) is 5.35. The van der Waals surface area contributed by atoms with Crippen LogP contribution in [0.5, 0.6) is 0 Å². The molecule has 2 aromatic carbocycles. The van der Waals surface area contributed by atoms with Crippen molar-refractivity contribution in [2.24, 2.45) is 0 Å². The fourth-order valence-electron chi connectivity index (χ4n) is 2.78. The van der Waals surface area contributed by atoms with Crippen LogP contribution in [0.15, 0.2) is 70.7 Å². The molecule has 0 aliphatic heterocycles. The van der Waals surface area contributed by atoms with Crippen molar-refractivity contribution in [2.45, 2.75) is 0 Å². The van der Waals surface area contributed by atoms with Crippen LogP contribution in [0.1, 0.15) is 26.5 Å². The van der Waals surface area contributed by atoms with Crippen LogP contribution in [0, 0.1) is 0 Å². The average molecular weight is 315 g/mol. The lowest BCUT2D eigenvalue weighted by Gasteiger charge is -1.97. The zero-order valence-electron chi connectivity index (χ0n) is 12.7. The van der Waals surface area contributed by atoms with Crippen LogP contribution < -0.4 is 5.73 Å². The van der Waals surface area contributed by atoms with Gasteiger partial charge in [0.15, 0.2) is 11.6 Å². The number of carbonyl (C=O) groups is 2. The van der Waals surface area contributed by atoms with E-state index >= 15 is 0 Å². The number of carbonyl (C=O) groups excluding carboxylic acids is 2. The monoisotopic (exact) mass is 315 g/mol. The summed E-state index contributed by atoms with van der Waals surface area (Å²) in [5.74, 6) is 0.589. The number of furan rings is 1. The van der Waals surface area contributed by atoms with Gasteiger partial charge in [-0.3, -0.25) is 9.59 Å². The fourth-order valence-corrected chi connectivity index (χ4v) is 2.78. The number of rotatable bonds is 2. The molecule has 0 bridgehead atoms. The molecular weight excluding hydrogens is 302 g/mol. The van der Waals surface area contributed by atoms with Gasteiger partial charge in [-0.25, -0.2) is 0 Å². The molecule has 1 aliphatic carbocycles. The van der Waals surface area contributed by atoms with E-state index in [1.165, 1.54) is 6.08 Å². The van der Waals surface area contributed by atoms with E-state index in [0.29, 0.717) is 28.3 Å². The van der Waals surface area contributed by atoms with Crippen LogP contribution >= 0.6 is 0 Å². The van der Waals surface area contributed by atoms with Gasteiger partial charge in [-0.2, -0.15) is 0 Å². The van der Waals surface area contributed by atoms with Crippen molar-refractivity contribution < 1.29 is 14.0 Å². The van der Waals surface area contributed by atoms with Crippen LogP contribution in [-0.4, -0.2) is 11.6 Å². The smallest absolute Gasteiger partial charge is 0.197 e. The minimum atomic E-state index is -0.263. The van der Waals surface area contributed by atoms with Crippen molar-refractivity contribution >= 4 is 23.3 Å². The molecule has 0 atom stereocenters. The van der Waals surface area contributed by atoms with E-state index < -0.39 is 0 Å². The predicted molar refractivity (Wildman–Crippen MR) is 91.6 cm³/mol. The zero-order valence-corrected chi connectivity index (χ0v) is 12.7. The molecule has 3 aromatic rings. The molecule has 0 fully saturated rings. The molecule has 0 amide bonds. The molecule has 1 aromatic heterocycles. The van der Waals surface area contributed by atoms with Gasteiger partial charge < -0.3 is 10.2 Å². The van der Waals surface area contributed by atoms with E-state index in [0.717, 1.165) is 5.56 Å². The molecule has 1 aliphatic rings. The molecular formula is C20H13NO3. The highest BCUT2D eigenvalue weighted by atomic mass is 16.3. The van der Waals surface area contributed by atoms with Crippen LogP contribution in [0.25, 0.3) is 17.4 Å². The van der Waals surface area contributed by atoms with Crippen LogP contribution in [0.3, 0.4) is 0 Å². The van der Waals surface area contributed by atoms with Crippen molar-refractivity contribution in [3.8, 4) is 11.3 Å². The third-order valence-corrected chi connectivity index (χ3v) is 4.01. The number of nitrogens with two attached hydrogens (primary N) is 1. The number of fused-ring (bicyclic) bond motifs is 1. The van der Waals surface area contributed by atoms with E-state index in [1.54, 1.807) is 48.5 Å². The highest BCUT2D eigenvalue weighted by Gasteiger charge is 2.32. The SMILES string of the molecule is Nc1ccc(-c2ccc(C=C3C(=O)c4ccccc4C3=O)o2)cc1. The second-order valence-corrected chi connectivity index (χ2v) is 5.59. The van der Waals surface area contributed by atoms with Gasteiger partial charge in [-0.1, -0.05) is 24.3 Å². The molecule has 4 heteroatoms. The summed E-state index contributed by atoms with van der Waals surface area (Å²) in [4.78, 5) is 24.8. The first-order chi connectivity index (χ1) is 11.6. The maximum atomic E-state index is 12.4. The Morgan fingerprint density at radius 3 is 2.04 bits per heavy atom. The Morgan fingerprint density at radius 1 is 0.792 bits per heavy atom. The summed E-state index contributed by atoms with van der Waals surface area (Å²) in [6.45, 7) is 0. The van der Waals surface area contributed by atoms with E-state index in [-0.39, 0.29) is 17.1 Å². The Bertz CT molecular complexity index is 957. The molecule has 0 spiro atoms. The Morgan fingerprint density at radius 2 is 1.42 bits per heavy atom. The van der Waals surface area contributed by atoms with Gasteiger partial charge in [0, 0.05) is 22.4 Å². The first-order valence-corrected chi connectivity index (χ1v) is 7.49. The molecule has 4 rings (SSSR count). The van der Waals surface area contributed by atoms with E-state index in [1.807, 2.05) is 12.1 Å². The Hall–Kier alpha value is -3.40. The normalized spacial score (nSPS) is 13.2. The molecule has 0 saturated heterocycles. The van der Waals surface area contributed by atoms with E-state index in [9.17, 15) is 9.59 Å². The summed E-state index contributed by atoms with van der Waals surface area (Å²) in [5, 5.41) is 0. The van der Waals surface area contributed by atoms with E-state index in [4.69, 9.17) is 10.2 Å². The lowest BCUT2D eigenvalue weighted by molar-refractivity contribution is 0.0990. The van der Waals surface area contributed by atoms with Gasteiger partial charge in [0.2, 0.25) is 0 Å². The molecule has 24 heavy (non-hydrogen) atoms. The highest BCUT2D eigenvalue weighted by molar-refractivity contribution is 6.41. The van der Waals surface area contributed by atoms with Crippen molar-refractivity contribution in [3.05, 3.63) is 83.1 Å². The summed E-state index contributed by atoms with van der Waals surface area (Å²) < 4.78 is 5.75. The van der Waals surface area contributed by atoms with Gasteiger partial charge in [-0.15, -0.1) is 0 Å². The number of hydrogen-bond acceptors (Lipinski definition) is 4. The molecule has 4 nitrogen and oxygen atoms in total. The highest BCUT2D eigenvalue weighted by Crippen LogP contribution is 2.29. The van der Waals surface area contributed by atoms with Crippen molar-refractivity contribution in [1.29, 1.82) is 0 Å². The minimum Gasteiger partial charge on any atom is -0.457 e. The van der Waals surface area contributed by atoms with Crippen molar-refractivity contribution in [3.63, 3.8) is 0 Å². The average Bonchev–Trinajstić information content (AvgIpc) is 3.16.